The maximum Gasteiger partial charge on any atom is 0.265 e. The summed E-state index contributed by atoms with van der Waals surface area (Å²) in [6.45, 7) is 4.37. The fraction of sp³-hybridized carbons (Fsp3) is 0.158. The monoisotopic (exact) mass is 365 g/mol. The van der Waals surface area contributed by atoms with Gasteiger partial charge in [-0.05, 0) is 41.7 Å². The van der Waals surface area contributed by atoms with Crippen LogP contribution in [0.15, 0.2) is 47.3 Å². The fourth-order valence-electron chi connectivity index (χ4n) is 3.44. The van der Waals surface area contributed by atoms with E-state index in [1.165, 1.54) is 17.1 Å². The van der Waals surface area contributed by atoms with Crippen molar-refractivity contribution in [2.24, 2.45) is 0 Å². The van der Waals surface area contributed by atoms with Gasteiger partial charge in [-0.3, -0.25) is 24.6 Å². The Balaban J connectivity index is 1.86. The van der Waals surface area contributed by atoms with Crippen molar-refractivity contribution in [1.29, 1.82) is 0 Å². The van der Waals surface area contributed by atoms with Crippen molar-refractivity contribution in [2.75, 3.05) is 6.54 Å². The molecule has 0 unspecified atom stereocenters. The minimum Gasteiger partial charge on any atom is -0.307 e. The summed E-state index contributed by atoms with van der Waals surface area (Å²) in [5, 5.41) is 3.43. The molecule has 4 rings (SSSR count). The van der Waals surface area contributed by atoms with Gasteiger partial charge in [-0.2, -0.15) is 0 Å². The van der Waals surface area contributed by atoms with Crippen molar-refractivity contribution in [1.82, 2.24) is 14.8 Å². The Morgan fingerprint density at radius 3 is 2.85 bits per heavy atom. The number of rotatable bonds is 3. The molecule has 0 saturated carbocycles. The van der Waals surface area contributed by atoms with Gasteiger partial charge in [-0.15, -0.1) is 6.58 Å². The Hall–Kier alpha value is -3.06. The van der Waals surface area contributed by atoms with E-state index in [0.29, 0.717) is 12.1 Å². The number of nitrogens with zero attached hydrogens (tertiary/aromatic N) is 2. The first-order valence-electron chi connectivity index (χ1n) is 8.16. The minimum absolute atomic E-state index is 0.0375. The number of benzene rings is 1. The Bertz CT molecular complexity index is 1100. The smallest absolute Gasteiger partial charge is 0.265 e. The minimum atomic E-state index is -0.602. The molecular weight excluding hydrogens is 350 g/mol. The van der Waals surface area contributed by atoms with E-state index in [-0.39, 0.29) is 22.8 Å². The molecule has 2 aromatic rings. The number of carbonyl (C=O) groups is 2. The Morgan fingerprint density at radius 1 is 1.27 bits per heavy atom. The standard InChI is InChI=1S/C19H15N3O3S/c1-2-7-22-18(25)14(16(23)20-19(22)26)10-13-9-12-5-3-4-11-6-8-21(15(11)12)17(13)24/h2-5,9-10H,1,6-8H2,(H,20,23,26)/b14-10-. The zero-order valence-electron chi connectivity index (χ0n) is 13.8. The predicted octanol–water partition coefficient (Wildman–Crippen LogP) is 1.37. The molecule has 0 spiro atoms. The molecule has 7 heteroatoms. The van der Waals surface area contributed by atoms with Crippen LogP contribution in [0.1, 0.15) is 11.1 Å². The van der Waals surface area contributed by atoms with E-state index in [0.717, 1.165) is 22.9 Å². The molecular formula is C19H15N3O3S. The Labute approximate surface area is 154 Å². The average molecular weight is 365 g/mol. The summed E-state index contributed by atoms with van der Waals surface area (Å²) in [4.78, 5) is 39.0. The van der Waals surface area contributed by atoms with Crippen LogP contribution in [0.25, 0.3) is 17.0 Å². The third-order valence-electron chi connectivity index (χ3n) is 4.63. The lowest BCUT2D eigenvalue weighted by atomic mass is 10.1. The average Bonchev–Trinajstić information content (AvgIpc) is 3.05. The first kappa shape index (κ1) is 16.4. The molecule has 0 radical (unpaired) electrons. The molecule has 1 fully saturated rings. The summed E-state index contributed by atoms with van der Waals surface area (Å²) < 4.78 is 1.70. The summed E-state index contributed by atoms with van der Waals surface area (Å²) in [5.41, 5.74) is 2.04. The van der Waals surface area contributed by atoms with E-state index in [1.807, 2.05) is 18.2 Å². The van der Waals surface area contributed by atoms with Crippen LogP contribution in [0.4, 0.5) is 0 Å². The maximum atomic E-state index is 12.8. The highest BCUT2D eigenvalue weighted by Gasteiger charge is 2.33. The number of thiocarbonyl (C=S) groups is 1. The van der Waals surface area contributed by atoms with Gasteiger partial charge in [0.15, 0.2) is 5.11 Å². The number of carbonyl (C=O) groups excluding carboxylic acids is 2. The van der Waals surface area contributed by atoms with Crippen LogP contribution >= 0.6 is 12.2 Å². The molecule has 1 N–H and O–H groups in total. The molecule has 26 heavy (non-hydrogen) atoms. The van der Waals surface area contributed by atoms with E-state index >= 15 is 0 Å². The normalized spacial score (nSPS) is 17.9. The van der Waals surface area contributed by atoms with E-state index < -0.39 is 11.8 Å². The largest absolute Gasteiger partial charge is 0.307 e. The summed E-state index contributed by atoms with van der Waals surface area (Å²) in [6, 6.07) is 7.60. The molecule has 0 aliphatic carbocycles. The summed E-state index contributed by atoms with van der Waals surface area (Å²) in [5.74, 6) is -1.14. The third-order valence-corrected chi connectivity index (χ3v) is 4.95. The van der Waals surface area contributed by atoms with Crippen LogP contribution in [0.3, 0.4) is 0 Å². The molecule has 2 aliphatic rings. The molecule has 130 valence electrons. The lowest BCUT2D eigenvalue weighted by Gasteiger charge is -2.27. The van der Waals surface area contributed by atoms with Gasteiger partial charge in [0.1, 0.15) is 5.57 Å². The summed E-state index contributed by atoms with van der Waals surface area (Å²) in [7, 11) is 0. The second kappa shape index (κ2) is 6.03. The number of aryl methyl sites for hydroxylation is 2. The van der Waals surface area contributed by atoms with Crippen molar-refractivity contribution in [2.45, 2.75) is 13.0 Å². The van der Waals surface area contributed by atoms with Gasteiger partial charge >= 0.3 is 0 Å². The first-order chi connectivity index (χ1) is 12.5. The van der Waals surface area contributed by atoms with E-state index in [1.54, 1.807) is 10.6 Å². The highest BCUT2D eigenvalue weighted by molar-refractivity contribution is 7.80. The Morgan fingerprint density at radius 2 is 2.08 bits per heavy atom. The SMILES string of the molecule is C=CCN1C(=O)/C(=C\c2cc3cccc4c3n(c2=O)CC4)C(=O)NC1=S. The van der Waals surface area contributed by atoms with Crippen LogP contribution in [-0.2, 0) is 22.6 Å². The van der Waals surface area contributed by atoms with E-state index in [9.17, 15) is 14.4 Å². The topological polar surface area (TPSA) is 71.4 Å². The predicted molar refractivity (Wildman–Crippen MR) is 103 cm³/mol. The van der Waals surface area contributed by atoms with E-state index in [2.05, 4.69) is 11.9 Å². The van der Waals surface area contributed by atoms with Crippen molar-refractivity contribution in [3.8, 4) is 0 Å². The van der Waals surface area contributed by atoms with Crippen LogP contribution in [0, 0.1) is 0 Å². The van der Waals surface area contributed by atoms with Crippen molar-refractivity contribution < 1.29 is 9.59 Å². The Kier molecular flexibility index (Phi) is 3.81. The van der Waals surface area contributed by atoms with Crippen LogP contribution in [0.5, 0.6) is 0 Å². The van der Waals surface area contributed by atoms with Crippen molar-refractivity contribution >= 4 is 46.1 Å². The molecule has 0 bridgehead atoms. The second-order valence-corrected chi connectivity index (χ2v) is 6.57. The number of amides is 2. The fourth-order valence-corrected chi connectivity index (χ4v) is 3.69. The molecule has 3 heterocycles. The zero-order valence-corrected chi connectivity index (χ0v) is 14.6. The number of nitrogens with one attached hydrogen (secondary N) is 1. The number of hydrogen-bond acceptors (Lipinski definition) is 4. The molecule has 6 nitrogen and oxygen atoms in total. The van der Waals surface area contributed by atoms with Crippen molar-refractivity contribution in [3.63, 3.8) is 0 Å². The van der Waals surface area contributed by atoms with Crippen LogP contribution in [0.2, 0.25) is 0 Å². The molecule has 1 aromatic heterocycles. The molecule has 1 saturated heterocycles. The number of hydrogen-bond donors (Lipinski definition) is 1. The number of para-hydroxylation sites is 1. The van der Waals surface area contributed by atoms with Crippen LogP contribution < -0.4 is 10.9 Å². The lowest BCUT2D eigenvalue weighted by molar-refractivity contribution is -0.128. The molecule has 2 amide bonds. The van der Waals surface area contributed by atoms with Gasteiger partial charge in [0.2, 0.25) is 0 Å². The second-order valence-electron chi connectivity index (χ2n) is 6.18. The zero-order chi connectivity index (χ0) is 18.4. The number of pyridine rings is 1. The lowest BCUT2D eigenvalue weighted by Crippen LogP contribution is -2.53. The molecule has 2 aliphatic heterocycles. The van der Waals surface area contributed by atoms with Gasteiger partial charge in [-0.1, -0.05) is 24.3 Å². The van der Waals surface area contributed by atoms with Crippen molar-refractivity contribution in [3.05, 3.63) is 64.0 Å². The quantitative estimate of drug-likeness (QED) is 0.386. The summed E-state index contributed by atoms with van der Waals surface area (Å²) in [6.07, 6.45) is 3.67. The third kappa shape index (κ3) is 2.40. The van der Waals surface area contributed by atoms with Gasteiger partial charge < -0.3 is 4.57 Å². The highest BCUT2D eigenvalue weighted by Crippen LogP contribution is 2.25. The van der Waals surface area contributed by atoms with Gasteiger partial charge in [0.05, 0.1) is 5.52 Å². The molecule has 0 atom stereocenters. The summed E-state index contributed by atoms with van der Waals surface area (Å²) >= 11 is 5.03. The van der Waals surface area contributed by atoms with Crippen LogP contribution in [-0.4, -0.2) is 32.9 Å². The molecule has 1 aromatic carbocycles. The van der Waals surface area contributed by atoms with Gasteiger partial charge in [-0.25, -0.2) is 0 Å². The van der Waals surface area contributed by atoms with Gasteiger partial charge in [0, 0.05) is 18.7 Å². The first-order valence-corrected chi connectivity index (χ1v) is 8.57. The number of aromatic nitrogens is 1. The van der Waals surface area contributed by atoms with E-state index in [4.69, 9.17) is 12.2 Å². The maximum absolute atomic E-state index is 12.8. The van der Waals surface area contributed by atoms with Gasteiger partial charge in [0.25, 0.3) is 17.4 Å². The highest BCUT2D eigenvalue weighted by atomic mass is 32.1.